The molecule has 5 rings (SSSR count). The number of nitrogens with zero attached hydrogens (tertiary/aromatic N) is 1. The molecule has 2 unspecified atom stereocenters. The zero-order valence-corrected chi connectivity index (χ0v) is 24.0. The summed E-state index contributed by atoms with van der Waals surface area (Å²) in [4.78, 5) is 29.8. The maximum absolute atomic E-state index is 13.4. The number of aliphatic carboxylic acids is 1. The lowest BCUT2D eigenvalue weighted by molar-refractivity contribution is -0.139. The van der Waals surface area contributed by atoms with Crippen LogP contribution >= 0.6 is 23.2 Å². The maximum Gasteiger partial charge on any atom is 0.307 e. The van der Waals surface area contributed by atoms with Gasteiger partial charge in [-0.3, -0.25) is 14.9 Å². The number of imidazole rings is 1. The molecule has 1 heterocycles. The summed E-state index contributed by atoms with van der Waals surface area (Å²) in [6, 6.07) is 9.29. The Balaban J connectivity index is 0.000000193. The Hall–Kier alpha value is -2.97. The maximum atomic E-state index is 13.4. The van der Waals surface area contributed by atoms with Crippen LogP contribution in [0.2, 0.25) is 10.0 Å². The van der Waals surface area contributed by atoms with Crippen LogP contribution in [0.1, 0.15) is 74.9 Å². The number of nitrogens with one attached hydrogen (secondary N) is 2. The van der Waals surface area contributed by atoms with Gasteiger partial charge in [0, 0.05) is 24.5 Å². The Morgan fingerprint density at radius 2 is 1.44 bits per heavy atom. The number of H-pyrrole nitrogens is 1. The first-order valence-electron chi connectivity index (χ1n) is 12.5. The van der Waals surface area contributed by atoms with E-state index in [4.69, 9.17) is 28.3 Å². The number of hydrogen-bond acceptors (Lipinski definition) is 3. The number of hydrogen-bond donors (Lipinski definition) is 3. The second kappa shape index (κ2) is 10.2. The summed E-state index contributed by atoms with van der Waals surface area (Å²) in [6.07, 6.45) is 0. The highest BCUT2D eigenvalue weighted by molar-refractivity contribution is 6.31. The van der Waals surface area contributed by atoms with Crippen LogP contribution in [0.15, 0.2) is 36.4 Å². The highest BCUT2D eigenvalue weighted by atomic mass is 35.5. The summed E-state index contributed by atoms with van der Waals surface area (Å²) in [5, 5.41) is 11.9. The Labute approximate surface area is 236 Å². The first kappa shape index (κ1) is 29.0. The minimum absolute atomic E-state index is 0.00535. The molecule has 0 aliphatic heterocycles. The molecule has 3 N–H and O–H groups in total. The van der Waals surface area contributed by atoms with E-state index in [2.05, 4.69) is 29.1 Å². The lowest BCUT2D eigenvalue weighted by Crippen LogP contribution is -2.07. The molecule has 1 amide bonds. The predicted octanol–water partition coefficient (Wildman–Crippen LogP) is 7.68. The third kappa shape index (κ3) is 5.54. The van der Waals surface area contributed by atoms with E-state index in [1.54, 1.807) is 18.2 Å². The summed E-state index contributed by atoms with van der Waals surface area (Å²) in [5.41, 5.74) is 3.38. The average Bonchev–Trinajstić information content (AvgIpc) is 3.54. The molecule has 0 bridgehead atoms. The molecule has 3 aromatic rings. The average molecular weight is 578 g/mol. The van der Waals surface area contributed by atoms with Crippen LogP contribution in [-0.2, 0) is 9.59 Å². The molecule has 2 saturated carbocycles. The SMILES string of the molecule is CC(=O)Nc1nc([C@@H]2C(c3ccc(F)c(Cl)c3)C2(C)C)c(C)[nH]1.CC1(C)C(c2ccc(F)c(Cl)c2)[C@H]1C(=O)O. The predicted molar refractivity (Wildman–Crippen MR) is 147 cm³/mol. The lowest BCUT2D eigenvalue weighted by atomic mass is 10.0. The molecule has 2 fully saturated rings. The van der Waals surface area contributed by atoms with E-state index in [1.807, 2.05) is 20.8 Å². The van der Waals surface area contributed by atoms with Crippen LogP contribution in [-0.4, -0.2) is 27.0 Å². The van der Waals surface area contributed by atoms with Crippen molar-refractivity contribution in [3.63, 3.8) is 0 Å². The monoisotopic (exact) mass is 577 g/mol. The molecule has 4 atom stereocenters. The number of carbonyl (C=O) groups excluding carboxylic acids is 1. The molecular formula is C29H31Cl2F2N3O3. The standard InChI is InChI=1S/C17H19ClFN3O.C12H12ClFO2/c1-8-15(22-16(20-8)21-9(2)23)14-13(17(14,3)4)10-5-6-12(19)11(18)7-10;1-12(2)9(10(12)11(15)16)6-3-4-8(14)7(13)5-6/h5-7,13-14H,1-4H3,(H2,20,21,22,23);3-5,9-10H,1-2H3,(H,15,16)/t13?,14-;9?,10-/m00/s1. The topological polar surface area (TPSA) is 95.1 Å². The van der Waals surface area contributed by atoms with E-state index in [0.717, 1.165) is 22.5 Å². The molecule has 1 aromatic heterocycles. The third-order valence-electron chi connectivity index (χ3n) is 8.04. The molecule has 39 heavy (non-hydrogen) atoms. The van der Waals surface area contributed by atoms with Gasteiger partial charge in [-0.15, -0.1) is 0 Å². The van der Waals surface area contributed by atoms with Gasteiger partial charge in [0.15, 0.2) is 0 Å². The van der Waals surface area contributed by atoms with Gasteiger partial charge in [-0.1, -0.05) is 63.0 Å². The van der Waals surface area contributed by atoms with E-state index < -0.39 is 23.5 Å². The molecule has 208 valence electrons. The van der Waals surface area contributed by atoms with Gasteiger partial charge in [0.2, 0.25) is 11.9 Å². The Bertz CT molecular complexity index is 1450. The van der Waals surface area contributed by atoms with Crippen molar-refractivity contribution >= 4 is 41.0 Å². The van der Waals surface area contributed by atoms with E-state index in [-0.39, 0.29) is 44.5 Å². The number of amides is 1. The van der Waals surface area contributed by atoms with E-state index in [0.29, 0.717) is 5.95 Å². The van der Waals surface area contributed by atoms with Gasteiger partial charge < -0.3 is 10.1 Å². The second-order valence-corrected chi connectivity index (χ2v) is 12.3. The quantitative estimate of drug-likeness (QED) is 0.290. The number of carboxylic acids is 1. The number of anilines is 1. The minimum atomic E-state index is -0.810. The number of halogens is 4. The van der Waals surface area contributed by atoms with Crippen LogP contribution in [0, 0.1) is 35.3 Å². The van der Waals surface area contributed by atoms with Gasteiger partial charge in [-0.25, -0.2) is 13.8 Å². The third-order valence-corrected chi connectivity index (χ3v) is 8.62. The van der Waals surface area contributed by atoms with E-state index >= 15 is 0 Å². The first-order chi connectivity index (χ1) is 18.1. The first-order valence-corrected chi connectivity index (χ1v) is 13.3. The van der Waals surface area contributed by atoms with E-state index in [9.17, 15) is 18.4 Å². The van der Waals surface area contributed by atoms with Crippen molar-refractivity contribution in [2.24, 2.45) is 16.7 Å². The fourth-order valence-electron chi connectivity index (χ4n) is 5.91. The largest absolute Gasteiger partial charge is 0.481 e. The summed E-state index contributed by atoms with van der Waals surface area (Å²) in [7, 11) is 0. The molecule has 2 aliphatic rings. The van der Waals surface area contributed by atoms with Crippen LogP contribution in [0.5, 0.6) is 0 Å². The number of aromatic amines is 1. The molecule has 0 radical (unpaired) electrons. The number of benzene rings is 2. The van der Waals surface area contributed by atoms with Crippen LogP contribution in [0.4, 0.5) is 14.7 Å². The number of carboxylic acid groups (broad SMARTS) is 1. The molecule has 10 heteroatoms. The summed E-state index contributed by atoms with van der Waals surface area (Å²) in [6.45, 7) is 11.5. The van der Waals surface area contributed by atoms with Crippen molar-refractivity contribution in [2.45, 2.75) is 59.3 Å². The Kier molecular flexibility index (Phi) is 7.60. The number of rotatable bonds is 5. The molecule has 0 spiro atoms. The van der Waals surface area contributed by atoms with Gasteiger partial charge in [-0.05, 0) is 59.1 Å². The molecule has 0 saturated heterocycles. The Morgan fingerprint density at radius 3 is 1.87 bits per heavy atom. The molecule has 6 nitrogen and oxygen atoms in total. The second-order valence-electron chi connectivity index (χ2n) is 11.5. The number of aromatic nitrogens is 2. The molecule has 2 aromatic carbocycles. The summed E-state index contributed by atoms with van der Waals surface area (Å²) in [5.74, 6) is -1.47. The van der Waals surface area contributed by atoms with Crippen molar-refractivity contribution in [2.75, 3.05) is 5.32 Å². The van der Waals surface area contributed by atoms with Crippen LogP contribution in [0.3, 0.4) is 0 Å². The van der Waals surface area contributed by atoms with Crippen LogP contribution in [0.25, 0.3) is 0 Å². The van der Waals surface area contributed by atoms with Gasteiger partial charge in [0.1, 0.15) is 11.6 Å². The molecule has 2 aliphatic carbocycles. The summed E-state index contributed by atoms with van der Waals surface area (Å²) >= 11 is 11.6. The van der Waals surface area contributed by atoms with Crippen molar-refractivity contribution in [1.82, 2.24) is 9.97 Å². The zero-order chi connectivity index (χ0) is 29.0. The number of aryl methyl sites for hydroxylation is 1. The highest BCUT2D eigenvalue weighted by Gasteiger charge is 2.63. The fourth-order valence-corrected chi connectivity index (χ4v) is 6.28. The summed E-state index contributed by atoms with van der Waals surface area (Å²) < 4.78 is 26.4. The van der Waals surface area contributed by atoms with Gasteiger partial charge >= 0.3 is 5.97 Å². The van der Waals surface area contributed by atoms with Crippen molar-refractivity contribution in [3.8, 4) is 0 Å². The minimum Gasteiger partial charge on any atom is -0.481 e. The smallest absolute Gasteiger partial charge is 0.307 e. The molecular weight excluding hydrogens is 547 g/mol. The van der Waals surface area contributed by atoms with Crippen molar-refractivity contribution < 1.29 is 23.5 Å². The Morgan fingerprint density at radius 1 is 0.923 bits per heavy atom. The van der Waals surface area contributed by atoms with Crippen LogP contribution < -0.4 is 5.32 Å². The fraction of sp³-hybridized carbons (Fsp3) is 0.414. The number of carbonyl (C=O) groups is 2. The van der Waals surface area contributed by atoms with Gasteiger partial charge in [0.05, 0.1) is 21.7 Å². The van der Waals surface area contributed by atoms with Crippen molar-refractivity contribution in [1.29, 1.82) is 0 Å². The zero-order valence-electron chi connectivity index (χ0n) is 22.5. The van der Waals surface area contributed by atoms with Gasteiger partial charge in [0.25, 0.3) is 0 Å². The van der Waals surface area contributed by atoms with Crippen molar-refractivity contribution in [3.05, 3.63) is 80.6 Å². The van der Waals surface area contributed by atoms with E-state index in [1.165, 1.54) is 25.1 Å². The lowest BCUT2D eigenvalue weighted by Gasteiger charge is -2.03. The highest BCUT2D eigenvalue weighted by Crippen LogP contribution is 2.70. The van der Waals surface area contributed by atoms with Gasteiger partial charge in [-0.2, -0.15) is 0 Å². The normalized spacial score (nSPS) is 23.8.